The van der Waals surface area contributed by atoms with Crippen LogP contribution in [0.15, 0.2) is 11.1 Å². The Bertz CT molecular complexity index is 363. The van der Waals surface area contributed by atoms with Crippen LogP contribution in [0.3, 0.4) is 0 Å². The molecule has 0 aromatic carbocycles. The maximum absolute atomic E-state index is 12.0. The van der Waals surface area contributed by atoms with E-state index < -0.39 is 0 Å². The number of hydrogen-bond acceptors (Lipinski definition) is 2. The minimum absolute atomic E-state index is 0.166. The lowest BCUT2D eigenvalue weighted by molar-refractivity contribution is -0.125. The van der Waals surface area contributed by atoms with Crippen LogP contribution < -0.4 is 0 Å². The zero-order valence-corrected chi connectivity index (χ0v) is 10.4. The molecule has 2 fully saturated rings. The van der Waals surface area contributed by atoms with Gasteiger partial charge in [0.1, 0.15) is 12.1 Å². The van der Waals surface area contributed by atoms with Crippen LogP contribution in [-0.2, 0) is 9.59 Å². The summed E-state index contributed by atoms with van der Waals surface area (Å²) in [5, 5.41) is 0. The van der Waals surface area contributed by atoms with Crippen molar-refractivity contribution < 1.29 is 9.59 Å². The van der Waals surface area contributed by atoms with Gasteiger partial charge in [0.15, 0.2) is 0 Å². The van der Waals surface area contributed by atoms with Gasteiger partial charge < -0.3 is 4.79 Å². The summed E-state index contributed by atoms with van der Waals surface area (Å²) >= 11 is 0. The topological polar surface area (TPSA) is 34.1 Å². The Morgan fingerprint density at radius 3 is 2.75 bits per heavy atom. The largest absolute Gasteiger partial charge is 0.303 e. The molecule has 0 aromatic heterocycles. The fourth-order valence-corrected chi connectivity index (χ4v) is 3.70. The highest BCUT2D eigenvalue weighted by atomic mass is 16.1. The second-order valence-electron chi connectivity index (χ2n) is 5.70. The van der Waals surface area contributed by atoms with Crippen molar-refractivity contribution in [3.05, 3.63) is 11.1 Å². The highest BCUT2D eigenvalue weighted by Gasteiger charge is 2.55. The van der Waals surface area contributed by atoms with E-state index in [0.717, 1.165) is 19.1 Å². The minimum Gasteiger partial charge on any atom is -0.303 e. The van der Waals surface area contributed by atoms with Crippen LogP contribution in [0.5, 0.6) is 0 Å². The van der Waals surface area contributed by atoms with Gasteiger partial charge in [-0.15, -0.1) is 0 Å². The van der Waals surface area contributed by atoms with Gasteiger partial charge in [-0.3, -0.25) is 4.79 Å². The van der Waals surface area contributed by atoms with E-state index in [4.69, 9.17) is 0 Å². The van der Waals surface area contributed by atoms with Crippen LogP contribution in [0.2, 0.25) is 0 Å². The van der Waals surface area contributed by atoms with Crippen LogP contribution in [0, 0.1) is 17.3 Å². The lowest BCUT2D eigenvalue weighted by Crippen LogP contribution is -2.25. The lowest BCUT2D eigenvalue weighted by Gasteiger charge is -2.23. The van der Waals surface area contributed by atoms with Crippen LogP contribution in [0.25, 0.3) is 0 Å². The molecule has 0 heterocycles. The first-order valence-electron chi connectivity index (χ1n) is 6.14. The average Bonchev–Trinajstić information content (AvgIpc) is 2.65. The molecule has 3 atom stereocenters. The number of carbonyl (C=O) groups excluding carboxylic acids is 2. The van der Waals surface area contributed by atoms with Crippen LogP contribution in [0.1, 0.15) is 46.5 Å². The van der Waals surface area contributed by atoms with E-state index in [1.165, 1.54) is 11.1 Å². The maximum Gasteiger partial charge on any atom is 0.139 e. The molecule has 0 aliphatic heterocycles. The third kappa shape index (κ3) is 1.47. The number of hydrogen-bond donors (Lipinski definition) is 0. The first-order valence-corrected chi connectivity index (χ1v) is 6.14. The number of rotatable bonds is 2. The van der Waals surface area contributed by atoms with Gasteiger partial charge in [-0.05, 0) is 38.5 Å². The summed E-state index contributed by atoms with van der Waals surface area (Å²) < 4.78 is 0. The molecule has 2 nitrogen and oxygen atoms in total. The van der Waals surface area contributed by atoms with Crippen molar-refractivity contribution in [2.24, 2.45) is 17.3 Å². The summed E-state index contributed by atoms with van der Waals surface area (Å²) in [7, 11) is 0. The summed E-state index contributed by atoms with van der Waals surface area (Å²) in [6, 6.07) is 0. The summed E-state index contributed by atoms with van der Waals surface area (Å²) in [5.74, 6) is 1.15. The Balaban J connectivity index is 2.39. The maximum atomic E-state index is 12.0. The standard InChI is InChI=1S/C14H20O2/c1-9(2)11-8-14(3)12(4-5-13(14)16)10(11)6-7-15/h7,10,12H,4-6,8H2,1-3H3/t10?,12-,14+/m0/s1. The number of Topliss-reactive ketones (excluding diaryl/α,β-unsaturated/α-hetero) is 1. The lowest BCUT2D eigenvalue weighted by atomic mass is 9.79. The average molecular weight is 220 g/mol. The number of ketones is 1. The Hall–Kier alpha value is -0.920. The molecule has 0 amide bonds. The SMILES string of the molecule is CC(C)=C1C[C@@]2(C)C(=O)CC[C@H]2C1CC=O. The predicted molar refractivity (Wildman–Crippen MR) is 63.0 cm³/mol. The molecule has 0 aromatic rings. The molecule has 0 bridgehead atoms. The summed E-state index contributed by atoms with van der Waals surface area (Å²) in [5.41, 5.74) is 2.50. The molecule has 2 aliphatic carbocycles. The van der Waals surface area contributed by atoms with Gasteiger partial charge in [0.25, 0.3) is 0 Å². The summed E-state index contributed by atoms with van der Waals surface area (Å²) in [6.07, 6.45) is 4.19. The molecule has 2 aliphatic rings. The van der Waals surface area contributed by atoms with Crippen molar-refractivity contribution in [1.82, 2.24) is 0 Å². The van der Waals surface area contributed by atoms with E-state index >= 15 is 0 Å². The molecule has 0 saturated heterocycles. The molecular formula is C14H20O2. The predicted octanol–water partition coefficient (Wildman–Crippen LogP) is 2.92. The first-order chi connectivity index (χ1) is 7.50. The fourth-order valence-electron chi connectivity index (χ4n) is 3.70. The molecule has 0 radical (unpaired) electrons. The normalized spacial score (nSPS) is 37.7. The second-order valence-corrected chi connectivity index (χ2v) is 5.70. The summed E-state index contributed by atoms with van der Waals surface area (Å²) in [6.45, 7) is 6.30. The van der Waals surface area contributed by atoms with Gasteiger partial charge in [0, 0.05) is 18.3 Å². The Kier molecular flexibility index (Phi) is 2.77. The third-order valence-corrected chi connectivity index (χ3v) is 4.62. The molecular weight excluding hydrogens is 200 g/mol. The molecule has 2 rings (SSSR count). The number of fused-ring (bicyclic) bond motifs is 1. The van der Waals surface area contributed by atoms with E-state index in [0.29, 0.717) is 30.5 Å². The smallest absolute Gasteiger partial charge is 0.139 e. The Labute approximate surface area is 97.1 Å². The van der Waals surface area contributed by atoms with Crippen molar-refractivity contribution in [3.63, 3.8) is 0 Å². The van der Waals surface area contributed by atoms with E-state index in [-0.39, 0.29) is 5.41 Å². The van der Waals surface area contributed by atoms with Gasteiger partial charge >= 0.3 is 0 Å². The van der Waals surface area contributed by atoms with Gasteiger partial charge in [0.05, 0.1) is 0 Å². The Morgan fingerprint density at radius 1 is 1.50 bits per heavy atom. The molecule has 0 spiro atoms. The van der Waals surface area contributed by atoms with Gasteiger partial charge in [-0.25, -0.2) is 0 Å². The van der Waals surface area contributed by atoms with E-state index in [2.05, 4.69) is 20.8 Å². The fraction of sp³-hybridized carbons (Fsp3) is 0.714. The Morgan fingerprint density at radius 2 is 2.19 bits per heavy atom. The number of aldehydes is 1. The minimum atomic E-state index is -0.166. The van der Waals surface area contributed by atoms with Crippen LogP contribution in [-0.4, -0.2) is 12.1 Å². The highest BCUT2D eigenvalue weighted by Crippen LogP contribution is 2.58. The zero-order chi connectivity index (χ0) is 11.9. The van der Waals surface area contributed by atoms with Crippen LogP contribution >= 0.6 is 0 Å². The third-order valence-electron chi connectivity index (χ3n) is 4.62. The molecule has 1 unspecified atom stereocenters. The molecule has 16 heavy (non-hydrogen) atoms. The van der Waals surface area contributed by atoms with Gasteiger partial charge in [0.2, 0.25) is 0 Å². The van der Waals surface area contributed by atoms with Gasteiger partial charge in [-0.1, -0.05) is 18.1 Å². The summed E-state index contributed by atoms with van der Waals surface area (Å²) in [4.78, 5) is 22.8. The van der Waals surface area contributed by atoms with Crippen LogP contribution in [0.4, 0.5) is 0 Å². The van der Waals surface area contributed by atoms with E-state index in [9.17, 15) is 9.59 Å². The second kappa shape index (κ2) is 3.83. The van der Waals surface area contributed by atoms with E-state index in [1.54, 1.807) is 0 Å². The van der Waals surface area contributed by atoms with Crippen molar-refractivity contribution >= 4 is 12.1 Å². The van der Waals surface area contributed by atoms with Crippen molar-refractivity contribution in [2.75, 3.05) is 0 Å². The molecule has 88 valence electrons. The number of allylic oxidation sites excluding steroid dienone is 2. The van der Waals surface area contributed by atoms with Crippen molar-refractivity contribution in [2.45, 2.75) is 46.5 Å². The van der Waals surface area contributed by atoms with Crippen molar-refractivity contribution in [1.29, 1.82) is 0 Å². The molecule has 2 heteroatoms. The number of carbonyl (C=O) groups is 2. The zero-order valence-electron chi connectivity index (χ0n) is 10.4. The highest BCUT2D eigenvalue weighted by molar-refractivity contribution is 5.88. The van der Waals surface area contributed by atoms with Gasteiger partial charge in [-0.2, -0.15) is 0 Å². The van der Waals surface area contributed by atoms with Crippen molar-refractivity contribution in [3.8, 4) is 0 Å². The monoisotopic (exact) mass is 220 g/mol. The molecule has 0 N–H and O–H groups in total. The van der Waals surface area contributed by atoms with E-state index in [1.807, 2.05) is 0 Å². The molecule has 2 saturated carbocycles. The first kappa shape index (κ1) is 11.6. The quantitative estimate of drug-likeness (QED) is 0.529.